The van der Waals surface area contributed by atoms with E-state index in [0.29, 0.717) is 18.4 Å². The molecule has 0 aliphatic heterocycles. The van der Waals surface area contributed by atoms with Gasteiger partial charge in [0.2, 0.25) is 0 Å². The van der Waals surface area contributed by atoms with Gasteiger partial charge in [-0.15, -0.1) is 0 Å². The molecule has 0 radical (unpaired) electrons. The molecule has 116 valence electrons. The predicted molar refractivity (Wildman–Crippen MR) is 73.0 cm³/mol. The summed E-state index contributed by atoms with van der Waals surface area (Å²) in [5.74, 6) is 0. The van der Waals surface area contributed by atoms with Crippen molar-refractivity contribution in [2.45, 2.75) is 31.5 Å². The standard InChI is InChI=1S/C14H15F3O3S/c1-21(18,19)20-11-8-6-10(7-9-11)12-4-2-3-5-13(12)14(15,16)17/h2-6,11H,7-9H2,1H3/t11-/m1/s1. The summed E-state index contributed by atoms with van der Waals surface area (Å²) >= 11 is 0. The van der Waals surface area contributed by atoms with Crippen LogP contribution in [0.4, 0.5) is 13.2 Å². The smallest absolute Gasteiger partial charge is 0.267 e. The lowest BCUT2D eigenvalue weighted by Gasteiger charge is -2.23. The summed E-state index contributed by atoms with van der Waals surface area (Å²) in [7, 11) is -3.55. The second-order valence-electron chi connectivity index (χ2n) is 4.97. The van der Waals surface area contributed by atoms with Gasteiger partial charge in [0, 0.05) is 0 Å². The van der Waals surface area contributed by atoms with Crippen LogP contribution in [0, 0.1) is 0 Å². The molecule has 0 amide bonds. The van der Waals surface area contributed by atoms with E-state index in [0.717, 1.165) is 12.3 Å². The van der Waals surface area contributed by atoms with E-state index in [4.69, 9.17) is 4.18 Å². The van der Waals surface area contributed by atoms with Gasteiger partial charge in [0.05, 0.1) is 17.9 Å². The summed E-state index contributed by atoms with van der Waals surface area (Å²) in [6, 6.07) is 5.40. The highest BCUT2D eigenvalue weighted by Crippen LogP contribution is 2.38. The Morgan fingerprint density at radius 2 is 1.90 bits per heavy atom. The minimum Gasteiger partial charge on any atom is -0.267 e. The van der Waals surface area contributed by atoms with Crippen LogP contribution in [0.5, 0.6) is 0 Å². The van der Waals surface area contributed by atoms with Gasteiger partial charge < -0.3 is 0 Å². The van der Waals surface area contributed by atoms with Gasteiger partial charge in [-0.3, -0.25) is 4.18 Å². The maximum absolute atomic E-state index is 13.0. The van der Waals surface area contributed by atoms with Crippen molar-refractivity contribution in [2.24, 2.45) is 0 Å². The molecule has 0 aromatic heterocycles. The fraction of sp³-hybridized carbons (Fsp3) is 0.429. The molecule has 2 rings (SSSR count). The summed E-state index contributed by atoms with van der Waals surface area (Å²) in [6.45, 7) is 0. The Morgan fingerprint density at radius 3 is 2.43 bits per heavy atom. The Kier molecular flexibility index (Phi) is 4.43. The van der Waals surface area contributed by atoms with Gasteiger partial charge >= 0.3 is 6.18 Å². The monoisotopic (exact) mass is 320 g/mol. The molecule has 0 fully saturated rings. The highest BCUT2D eigenvalue weighted by Gasteiger charge is 2.34. The lowest BCUT2D eigenvalue weighted by atomic mass is 9.89. The first-order valence-electron chi connectivity index (χ1n) is 6.41. The van der Waals surface area contributed by atoms with Crippen LogP contribution in [0.3, 0.4) is 0 Å². The van der Waals surface area contributed by atoms with Gasteiger partial charge in [0.15, 0.2) is 0 Å². The quantitative estimate of drug-likeness (QED) is 0.799. The average Bonchev–Trinajstić information content (AvgIpc) is 2.37. The highest BCUT2D eigenvalue weighted by atomic mass is 32.2. The van der Waals surface area contributed by atoms with Crippen molar-refractivity contribution in [2.75, 3.05) is 6.26 Å². The van der Waals surface area contributed by atoms with E-state index >= 15 is 0 Å². The Bertz CT molecular complexity index is 648. The molecule has 1 aliphatic rings. The fourth-order valence-corrected chi connectivity index (χ4v) is 3.07. The summed E-state index contributed by atoms with van der Waals surface area (Å²) < 4.78 is 65.9. The topological polar surface area (TPSA) is 43.4 Å². The van der Waals surface area contributed by atoms with Crippen LogP contribution in [-0.4, -0.2) is 20.8 Å². The lowest BCUT2D eigenvalue weighted by molar-refractivity contribution is -0.137. The molecular weight excluding hydrogens is 305 g/mol. The van der Waals surface area contributed by atoms with Crippen molar-refractivity contribution in [1.82, 2.24) is 0 Å². The fourth-order valence-electron chi connectivity index (χ4n) is 2.40. The molecular formula is C14H15F3O3S. The molecule has 0 saturated heterocycles. The van der Waals surface area contributed by atoms with Gasteiger partial charge in [0.1, 0.15) is 0 Å². The first-order valence-corrected chi connectivity index (χ1v) is 8.22. The molecule has 0 bridgehead atoms. The van der Waals surface area contributed by atoms with Crippen LogP contribution in [0.2, 0.25) is 0 Å². The lowest BCUT2D eigenvalue weighted by Crippen LogP contribution is -2.20. The Balaban J connectivity index is 2.22. The van der Waals surface area contributed by atoms with Crippen LogP contribution in [0.1, 0.15) is 30.4 Å². The number of hydrogen-bond donors (Lipinski definition) is 0. The molecule has 1 aromatic carbocycles. The number of alkyl halides is 3. The third kappa shape index (κ3) is 4.31. The van der Waals surface area contributed by atoms with Gasteiger partial charge in [-0.2, -0.15) is 21.6 Å². The zero-order valence-electron chi connectivity index (χ0n) is 11.4. The first-order chi connectivity index (χ1) is 9.67. The van der Waals surface area contributed by atoms with Crippen LogP contribution in [-0.2, 0) is 20.5 Å². The Morgan fingerprint density at radius 1 is 1.24 bits per heavy atom. The van der Waals surface area contributed by atoms with Crippen molar-refractivity contribution in [1.29, 1.82) is 0 Å². The third-order valence-corrected chi connectivity index (χ3v) is 3.87. The van der Waals surface area contributed by atoms with Crippen molar-refractivity contribution >= 4 is 15.7 Å². The zero-order chi connectivity index (χ0) is 15.7. The second-order valence-corrected chi connectivity index (χ2v) is 6.57. The van der Waals surface area contributed by atoms with E-state index in [-0.39, 0.29) is 12.0 Å². The van der Waals surface area contributed by atoms with Crippen molar-refractivity contribution in [3.8, 4) is 0 Å². The maximum Gasteiger partial charge on any atom is 0.416 e. The zero-order valence-corrected chi connectivity index (χ0v) is 12.2. The van der Waals surface area contributed by atoms with Crippen LogP contribution in [0.25, 0.3) is 5.57 Å². The molecule has 0 heterocycles. The van der Waals surface area contributed by atoms with Crippen LogP contribution < -0.4 is 0 Å². The molecule has 0 N–H and O–H groups in total. The minimum absolute atomic E-state index is 0.155. The molecule has 1 aromatic rings. The minimum atomic E-state index is -4.41. The summed E-state index contributed by atoms with van der Waals surface area (Å²) in [6.07, 6.45) is -1.29. The molecule has 1 atom stereocenters. The number of rotatable bonds is 3. The molecule has 21 heavy (non-hydrogen) atoms. The van der Waals surface area contributed by atoms with Crippen molar-refractivity contribution in [3.63, 3.8) is 0 Å². The second kappa shape index (κ2) is 5.81. The molecule has 0 spiro atoms. The number of halogens is 3. The Hall–Kier alpha value is -1.34. The van der Waals surface area contributed by atoms with E-state index in [9.17, 15) is 21.6 Å². The first kappa shape index (κ1) is 16.0. The molecule has 3 nitrogen and oxygen atoms in total. The van der Waals surface area contributed by atoms with Gasteiger partial charge in [0.25, 0.3) is 10.1 Å². The number of benzene rings is 1. The predicted octanol–water partition coefficient (Wildman–Crippen LogP) is 3.62. The summed E-state index contributed by atoms with van der Waals surface area (Å²) in [4.78, 5) is 0. The van der Waals surface area contributed by atoms with E-state index in [1.165, 1.54) is 12.1 Å². The van der Waals surface area contributed by atoms with Crippen molar-refractivity contribution < 1.29 is 25.8 Å². The number of hydrogen-bond acceptors (Lipinski definition) is 3. The number of allylic oxidation sites excluding steroid dienone is 1. The SMILES string of the molecule is CS(=O)(=O)O[C@@H]1CC=C(c2ccccc2C(F)(F)F)CC1. The van der Waals surface area contributed by atoms with Gasteiger partial charge in [-0.1, -0.05) is 24.3 Å². The molecule has 1 aliphatic carbocycles. The van der Waals surface area contributed by atoms with Crippen molar-refractivity contribution in [3.05, 3.63) is 41.5 Å². The largest absolute Gasteiger partial charge is 0.416 e. The van der Waals surface area contributed by atoms with Gasteiger partial charge in [-0.25, -0.2) is 0 Å². The van der Waals surface area contributed by atoms with E-state index in [1.807, 2.05) is 0 Å². The molecule has 0 saturated carbocycles. The maximum atomic E-state index is 13.0. The van der Waals surface area contributed by atoms with E-state index < -0.39 is 28.0 Å². The van der Waals surface area contributed by atoms with E-state index in [2.05, 4.69) is 0 Å². The van der Waals surface area contributed by atoms with E-state index in [1.54, 1.807) is 12.1 Å². The molecule has 0 unspecified atom stereocenters. The van der Waals surface area contributed by atoms with Crippen LogP contribution >= 0.6 is 0 Å². The summed E-state index contributed by atoms with van der Waals surface area (Å²) in [5, 5.41) is 0. The summed E-state index contributed by atoms with van der Waals surface area (Å²) in [5.41, 5.74) is 0.0674. The average molecular weight is 320 g/mol. The Labute approximate surface area is 121 Å². The highest BCUT2D eigenvalue weighted by molar-refractivity contribution is 7.86. The van der Waals surface area contributed by atoms with Gasteiger partial charge in [-0.05, 0) is 36.5 Å². The van der Waals surface area contributed by atoms with Crippen LogP contribution in [0.15, 0.2) is 30.3 Å². The normalized spacial score (nSPS) is 20.2. The molecule has 7 heteroatoms. The third-order valence-electron chi connectivity index (χ3n) is 3.25.